The van der Waals surface area contributed by atoms with Crippen LogP contribution in [0.15, 0.2) is 34.1 Å². The van der Waals surface area contributed by atoms with Gasteiger partial charge in [0, 0.05) is 6.26 Å². The molecule has 10 heteroatoms. The van der Waals surface area contributed by atoms with Crippen molar-refractivity contribution in [3.63, 3.8) is 0 Å². The van der Waals surface area contributed by atoms with E-state index in [1.165, 1.54) is 24.3 Å². The molecule has 1 aromatic carbocycles. The number of hydrogen-bond acceptors (Lipinski definition) is 5. The lowest BCUT2D eigenvalue weighted by atomic mass is 10.2. The van der Waals surface area contributed by atoms with Gasteiger partial charge in [0.05, 0.1) is 14.9 Å². The van der Waals surface area contributed by atoms with Crippen LogP contribution in [0.4, 0.5) is 5.69 Å². The number of halogens is 2. The topological polar surface area (TPSA) is 80.3 Å². The van der Waals surface area contributed by atoms with Crippen molar-refractivity contribution in [2.45, 2.75) is 16.7 Å². The Bertz CT molecular complexity index is 933. The van der Waals surface area contributed by atoms with Gasteiger partial charge in [-0.05, 0) is 30.7 Å². The predicted molar refractivity (Wildman–Crippen MR) is 89.4 cm³/mol. The summed E-state index contributed by atoms with van der Waals surface area (Å²) in [6.45, 7) is 1.66. The Kier molecular flexibility index (Phi) is 4.79. The molecule has 0 saturated carbocycles. The maximum atomic E-state index is 12.4. The van der Waals surface area contributed by atoms with Crippen molar-refractivity contribution in [3.8, 4) is 0 Å². The largest absolute Gasteiger partial charge is 0.279 e. The van der Waals surface area contributed by atoms with E-state index in [0.717, 1.165) is 17.6 Å². The van der Waals surface area contributed by atoms with E-state index in [4.69, 9.17) is 23.2 Å². The first kappa shape index (κ1) is 17.6. The summed E-state index contributed by atoms with van der Waals surface area (Å²) in [6, 6.07) is 5.45. The molecule has 0 radical (unpaired) electrons. The summed E-state index contributed by atoms with van der Waals surface area (Å²) in [4.78, 5) is -0.126. The molecule has 0 unspecified atom stereocenters. The Morgan fingerprint density at radius 2 is 1.73 bits per heavy atom. The summed E-state index contributed by atoms with van der Waals surface area (Å²) >= 11 is 12.5. The van der Waals surface area contributed by atoms with Crippen LogP contribution < -0.4 is 4.72 Å². The lowest BCUT2D eigenvalue weighted by Crippen LogP contribution is -2.14. The van der Waals surface area contributed by atoms with Crippen molar-refractivity contribution in [1.29, 1.82) is 0 Å². The first-order chi connectivity index (χ1) is 10.0. The Morgan fingerprint density at radius 1 is 1.09 bits per heavy atom. The molecule has 0 atom stereocenters. The molecule has 120 valence electrons. The van der Waals surface area contributed by atoms with E-state index in [2.05, 4.69) is 4.72 Å². The van der Waals surface area contributed by atoms with Crippen LogP contribution in [0.2, 0.25) is 8.67 Å². The van der Waals surface area contributed by atoms with Gasteiger partial charge in [0.15, 0.2) is 9.84 Å². The molecule has 1 N–H and O–H groups in total. The molecule has 0 amide bonds. The first-order valence-corrected chi connectivity index (χ1v) is 10.7. The van der Waals surface area contributed by atoms with Gasteiger partial charge in [0.2, 0.25) is 0 Å². The lowest BCUT2D eigenvalue weighted by Gasteiger charge is -2.11. The normalized spacial score (nSPS) is 12.4. The fourth-order valence-corrected chi connectivity index (χ4v) is 5.57. The van der Waals surface area contributed by atoms with Crippen LogP contribution in [0.25, 0.3) is 0 Å². The number of rotatable bonds is 4. The van der Waals surface area contributed by atoms with Gasteiger partial charge in [0.1, 0.15) is 9.23 Å². The van der Waals surface area contributed by atoms with Gasteiger partial charge in [-0.1, -0.05) is 29.3 Å². The molecule has 1 aromatic heterocycles. The van der Waals surface area contributed by atoms with Gasteiger partial charge in [0.25, 0.3) is 10.0 Å². The second kappa shape index (κ2) is 6.01. The van der Waals surface area contributed by atoms with Gasteiger partial charge < -0.3 is 0 Å². The third-order valence-corrected chi connectivity index (χ3v) is 7.03. The van der Waals surface area contributed by atoms with E-state index >= 15 is 0 Å². The molecule has 0 aliphatic rings. The number of thiophene rings is 1. The van der Waals surface area contributed by atoms with Gasteiger partial charge in [-0.25, -0.2) is 16.8 Å². The van der Waals surface area contributed by atoms with Crippen LogP contribution in [0.1, 0.15) is 5.56 Å². The predicted octanol–water partition coefficient (Wildman–Crippen LogP) is 3.57. The minimum Gasteiger partial charge on any atom is -0.279 e. The van der Waals surface area contributed by atoms with E-state index < -0.39 is 19.9 Å². The average Bonchev–Trinajstić information content (AvgIpc) is 2.70. The molecule has 2 rings (SSSR count). The summed E-state index contributed by atoms with van der Waals surface area (Å²) < 4.78 is 50.5. The molecular weight excluding hydrogens is 389 g/mol. The van der Waals surface area contributed by atoms with E-state index in [0.29, 0.717) is 5.56 Å². The fourth-order valence-electron chi connectivity index (χ4n) is 1.65. The third-order valence-electron chi connectivity index (χ3n) is 2.80. The molecule has 0 bridgehead atoms. The van der Waals surface area contributed by atoms with E-state index in [-0.39, 0.29) is 24.2 Å². The van der Waals surface area contributed by atoms with Crippen molar-refractivity contribution < 1.29 is 16.8 Å². The molecule has 5 nitrogen and oxygen atoms in total. The average molecular weight is 400 g/mol. The smallest absolute Gasteiger partial charge is 0.264 e. The van der Waals surface area contributed by atoms with Crippen LogP contribution in [0, 0.1) is 6.92 Å². The summed E-state index contributed by atoms with van der Waals surface area (Å²) in [5, 5.41) is 0. The Labute approximate surface area is 142 Å². The number of anilines is 1. The minimum absolute atomic E-state index is 0.0187. The third kappa shape index (κ3) is 3.75. The number of aryl methyl sites for hydroxylation is 1. The van der Waals surface area contributed by atoms with Crippen LogP contribution in [-0.2, 0) is 19.9 Å². The minimum atomic E-state index is -3.96. The summed E-state index contributed by atoms with van der Waals surface area (Å²) in [5.74, 6) is 0. The molecule has 0 fully saturated rings. The highest BCUT2D eigenvalue weighted by molar-refractivity contribution is 7.93. The number of hydrogen-bond donors (Lipinski definition) is 1. The number of nitrogens with one attached hydrogen (secondary N) is 1. The molecule has 2 aromatic rings. The molecule has 0 aliphatic carbocycles. The monoisotopic (exact) mass is 399 g/mol. The number of sulfone groups is 1. The van der Waals surface area contributed by atoms with Crippen molar-refractivity contribution in [1.82, 2.24) is 0 Å². The highest BCUT2D eigenvalue weighted by Gasteiger charge is 2.22. The van der Waals surface area contributed by atoms with Gasteiger partial charge in [-0.15, -0.1) is 11.3 Å². The van der Waals surface area contributed by atoms with Crippen LogP contribution in [0.5, 0.6) is 0 Å². The number of sulfonamides is 1. The van der Waals surface area contributed by atoms with Gasteiger partial charge >= 0.3 is 0 Å². The van der Waals surface area contributed by atoms with Gasteiger partial charge in [-0.2, -0.15) is 0 Å². The molecule has 1 heterocycles. The summed E-state index contributed by atoms with van der Waals surface area (Å²) in [6.07, 6.45) is 1.05. The molecular formula is C12H11Cl2NO4S3. The summed E-state index contributed by atoms with van der Waals surface area (Å²) in [7, 11) is -7.41. The highest BCUT2D eigenvalue weighted by atomic mass is 35.5. The molecule has 0 aliphatic heterocycles. The zero-order valence-electron chi connectivity index (χ0n) is 11.4. The standard InChI is InChI=1S/C12H11Cl2NO4S3/c1-7-3-4-8(21(2,16)17)5-9(7)15-22(18,19)10-6-11(13)20-12(10)14/h3-6,15H,1-2H3. The van der Waals surface area contributed by atoms with Crippen molar-refractivity contribution >= 4 is 60.1 Å². The molecule has 22 heavy (non-hydrogen) atoms. The number of benzene rings is 1. The Hall–Kier alpha value is -0.800. The Morgan fingerprint density at radius 3 is 2.23 bits per heavy atom. The zero-order chi connectivity index (χ0) is 16.7. The van der Waals surface area contributed by atoms with Gasteiger partial charge in [-0.3, -0.25) is 4.72 Å². The van der Waals surface area contributed by atoms with E-state index in [9.17, 15) is 16.8 Å². The second-order valence-electron chi connectivity index (χ2n) is 4.54. The van der Waals surface area contributed by atoms with E-state index in [1.54, 1.807) is 6.92 Å². The van der Waals surface area contributed by atoms with Crippen LogP contribution >= 0.6 is 34.5 Å². The van der Waals surface area contributed by atoms with Crippen LogP contribution in [-0.4, -0.2) is 23.1 Å². The zero-order valence-corrected chi connectivity index (χ0v) is 15.4. The maximum Gasteiger partial charge on any atom is 0.264 e. The summed E-state index contributed by atoms with van der Waals surface area (Å²) in [5.41, 5.74) is 0.745. The first-order valence-electron chi connectivity index (χ1n) is 5.79. The van der Waals surface area contributed by atoms with Crippen molar-refractivity contribution in [3.05, 3.63) is 38.5 Å². The molecule has 0 spiro atoms. The van der Waals surface area contributed by atoms with E-state index in [1.807, 2.05) is 0 Å². The second-order valence-corrected chi connectivity index (χ2v) is 10.5. The Balaban J connectivity index is 2.48. The van der Waals surface area contributed by atoms with Crippen molar-refractivity contribution in [2.24, 2.45) is 0 Å². The molecule has 0 saturated heterocycles. The quantitative estimate of drug-likeness (QED) is 0.851. The lowest BCUT2D eigenvalue weighted by molar-refractivity contribution is 0.599. The maximum absolute atomic E-state index is 12.4. The SMILES string of the molecule is Cc1ccc(S(C)(=O)=O)cc1NS(=O)(=O)c1cc(Cl)sc1Cl. The highest BCUT2D eigenvalue weighted by Crippen LogP contribution is 2.35. The fraction of sp³-hybridized carbons (Fsp3) is 0.167. The van der Waals surface area contributed by atoms with Crippen molar-refractivity contribution in [2.75, 3.05) is 11.0 Å². The van der Waals surface area contributed by atoms with Crippen LogP contribution in [0.3, 0.4) is 0 Å².